The largest absolute Gasteiger partial charge is 0.392 e. The van der Waals surface area contributed by atoms with Crippen LogP contribution in [0.2, 0.25) is 0 Å². The first-order valence-corrected chi connectivity index (χ1v) is 15.2. The van der Waals surface area contributed by atoms with Crippen molar-refractivity contribution in [2.75, 3.05) is 18.1 Å². The average Bonchev–Trinajstić information content (AvgIpc) is 3.48. The molecule has 1 amide bonds. The van der Waals surface area contributed by atoms with E-state index in [0.717, 1.165) is 56.2 Å². The summed E-state index contributed by atoms with van der Waals surface area (Å²) in [7, 11) is 0. The van der Waals surface area contributed by atoms with Gasteiger partial charge in [-0.2, -0.15) is 0 Å². The van der Waals surface area contributed by atoms with Crippen LogP contribution in [0, 0.1) is 29.1 Å². The Kier molecular flexibility index (Phi) is 10.7. The van der Waals surface area contributed by atoms with Crippen LogP contribution in [0.4, 0.5) is 5.69 Å². The number of anilines is 1. The summed E-state index contributed by atoms with van der Waals surface area (Å²) in [5.41, 5.74) is 1.60. The van der Waals surface area contributed by atoms with Crippen molar-refractivity contribution in [3.63, 3.8) is 0 Å². The third kappa shape index (κ3) is 7.92. The van der Waals surface area contributed by atoms with E-state index < -0.39 is 0 Å². The Morgan fingerprint density at radius 2 is 1.73 bits per heavy atom. The first kappa shape index (κ1) is 30.2. The molecule has 0 spiro atoms. The third-order valence-corrected chi connectivity index (χ3v) is 9.07. The Hall–Kier alpha value is -2.76. The summed E-state index contributed by atoms with van der Waals surface area (Å²) in [5, 5.41) is 10.7. The lowest BCUT2D eigenvalue weighted by Crippen LogP contribution is -2.33. The van der Waals surface area contributed by atoms with Gasteiger partial charge in [0.25, 0.3) is 5.91 Å². The number of unbranched alkanes of at least 4 members (excludes halogenated alkanes) is 1. The van der Waals surface area contributed by atoms with Crippen molar-refractivity contribution in [3.8, 4) is 0 Å². The van der Waals surface area contributed by atoms with Crippen molar-refractivity contribution in [1.82, 2.24) is 0 Å². The maximum atomic E-state index is 13.2. The molecule has 1 N–H and O–H groups in total. The molecule has 2 aliphatic rings. The van der Waals surface area contributed by atoms with Crippen LogP contribution in [0.3, 0.4) is 0 Å². The summed E-state index contributed by atoms with van der Waals surface area (Å²) in [5.74, 6) is 1.63. The van der Waals surface area contributed by atoms with E-state index in [2.05, 4.69) is 6.92 Å². The Balaban J connectivity index is 1.25. The number of rotatable bonds is 14. The number of para-hydroxylation sites is 1. The van der Waals surface area contributed by atoms with Gasteiger partial charge in [-0.15, -0.1) is 0 Å². The second kappa shape index (κ2) is 14.2. The van der Waals surface area contributed by atoms with Gasteiger partial charge in [0.05, 0.1) is 12.6 Å². The third-order valence-electron chi connectivity index (χ3n) is 9.07. The number of amides is 1. The van der Waals surface area contributed by atoms with Crippen molar-refractivity contribution < 1.29 is 19.4 Å². The van der Waals surface area contributed by atoms with E-state index >= 15 is 0 Å². The molecule has 2 saturated carbocycles. The second-order valence-corrected chi connectivity index (χ2v) is 12.5. The Bertz CT molecular complexity index is 1110. The molecule has 2 aromatic carbocycles. The lowest BCUT2D eigenvalue weighted by Gasteiger charge is -2.23. The number of nitrogens with zero attached hydrogens (tertiary/aromatic N) is 1. The number of aliphatic hydroxyl groups excluding tert-OH is 1. The second-order valence-electron chi connectivity index (χ2n) is 12.5. The van der Waals surface area contributed by atoms with Crippen LogP contribution in [0.15, 0.2) is 72.8 Å². The highest BCUT2D eigenvalue weighted by atomic mass is 16.5. The van der Waals surface area contributed by atoms with Gasteiger partial charge in [-0.05, 0) is 73.6 Å². The van der Waals surface area contributed by atoms with E-state index in [1.165, 1.54) is 0 Å². The number of hydrogen-bond donors (Lipinski definition) is 1. The Morgan fingerprint density at radius 1 is 1.02 bits per heavy atom. The molecule has 0 heterocycles. The van der Waals surface area contributed by atoms with Crippen LogP contribution < -0.4 is 4.90 Å². The fraction of sp³-hybridized carbons (Fsp3) is 0.543. The Labute approximate surface area is 240 Å². The van der Waals surface area contributed by atoms with Gasteiger partial charge in [-0.1, -0.05) is 88.2 Å². The van der Waals surface area contributed by atoms with Crippen LogP contribution in [0.1, 0.15) is 71.3 Å². The number of hydrogen-bond acceptors (Lipinski definition) is 4. The van der Waals surface area contributed by atoms with Gasteiger partial charge in [-0.3, -0.25) is 9.59 Å². The van der Waals surface area contributed by atoms with Gasteiger partial charge in [-0.25, -0.2) is 0 Å². The van der Waals surface area contributed by atoms with Gasteiger partial charge in [0.1, 0.15) is 6.61 Å². The van der Waals surface area contributed by atoms with E-state index in [1.54, 1.807) is 11.0 Å². The van der Waals surface area contributed by atoms with E-state index in [0.29, 0.717) is 30.9 Å². The first-order valence-electron chi connectivity index (χ1n) is 15.2. The molecule has 0 bridgehead atoms. The lowest BCUT2D eigenvalue weighted by molar-refractivity contribution is -0.123. The van der Waals surface area contributed by atoms with E-state index in [1.807, 2.05) is 80.6 Å². The number of ether oxygens (including phenoxy) is 1. The van der Waals surface area contributed by atoms with Crippen molar-refractivity contribution in [3.05, 3.63) is 78.4 Å². The van der Waals surface area contributed by atoms with Gasteiger partial charge >= 0.3 is 0 Å². The summed E-state index contributed by atoms with van der Waals surface area (Å²) >= 11 is 0. The molecule has 40 heavy (non-hydrogen) atoms. The molecule has 0 saturated heterocycles. The van der Waals surface area contributed by atoms with Gasteiger partial charge in [0.2, 0.25) is 0 Å². The zero-order chi connectivity index (χ0) is 28.5. The topological polar surface area (TPSA) is 66.8 Å². The minimum atomic E-state index is -0.360. The van der Waals surface area contributed by atoms with Crippen LogP contribution in [-0.4, -0.2) is 36.1 Å². The SMILES string of the molecule is CCCCC(C)(C)C(=O)C=C[C@H]1[C@@H]2CC(CCOCC(=O)N(Cc3ccccc3)c3ccccc3)C[C@H]2C[C@@H]1O. The average molecular weight is 546 g/mol. The highest BCUT2D eigenvalue weighted by Crippen LogP contribution is 2.51. The minimum absolute atomic E-state index is 0.0433. The first-order chi connectivity index (χ1) is 19.3. The molecular formula is C35H47NO4. The van der Waals surface area contributed by atoms with Gasteiger partial charge < -0.3 is 14.7 Å². The molecule has 216 valence electrons. The molecule has 2 aliphatic carbocycles. The quantitative estimate of drug-likeness (QED) is 0.205. The summed E-state index contributed by atoms with van der Waals surface area (Å²) in [6, 6.07) is 19.8. The van der Waals surface area contributed by atoms with Crippen molar-refractivity contribution >= 4 is 17.4 Å². The molecule has 0 aliphatic heterocycles. The summed E-state index contributed by atoms with van der Waals surface area (Å²) in [6.45, 7) is 7.32. The van der Waals surface area contributed by atoms with Gasteiger partial charge in [0, 0.05) is 23.6 Å². The number of benzene rings is 2. The van der Waals surface area contributed by atoms with E-state index in [-0.39, 0.29) is 35.7 Å². The van der Waals surface area contributed by atoms with Crippen molar-refractivity contribution in [2.45, 2.75) is 78.4 Å². The maximum absolute atomic E-state index is 13.2. The molecule has 5 atom stereocenters. The molecule has 5 heteroatoms. The molecule has 2 fully saturated rings. The molecule has 0 aromatic heterocycles. The van der Waals surface area contributed by atoms with Gasteiger partial charge in [0.15, 0.2) is 5.78 Å². The Morgan fingerprint density at radius 3 is 2.42 bits per heavy atom. The monoisotopic (exact) mass is 545 g/mol. The molecule has 2 aromatic rings. The molecule has 0 radical (unpaired) electrons. The fourth-order valence-corrected chi connectivity index (χ4v) is 6.63. The zero-order valence-corrected chi connectivity index (χ0v) is 24.5. The normalized spacial score (nSPS) is 24.4. The highest BCUT2D eigenvalue weighted by molar-refractivity contribution is 5.94. The summed E-state index contributed by atoms with van der Waals surface area (Å²) in [6.07, 6.45) is 10.3. The summed E-state index contributed by atoms with van der Waals surface area (Å²) in [4.78, 5) is 27.8. The number of allylic oxidation sites excluding steroid dienone is 1. The molecule has 4 rings (SSSR count). The number of aliphatic hydroxyl groups is 1. The number of ketones is 1. The van der Waals surface area contributed by atoms with Crippen molar-refractivity contribution in [1.29, 1.82) is 0 Å². The molecule has 5 nitrogen and oxygen atoms in total. The predicted molar refractivity (Wildman–Crippen MR) is 161 cm³/mol. The predicted octanol–water partition coefficient (Wildman–Crippen LogP) is 6.99. The zero-order valence-electron chi connectivity index (χ0n) is 24.5. The van der Waals surface area contributed by atoms with Crippen LogP contribution >= 0.6 is 0 Å². The van der Waals surface area contributed by atoms with E-state index in [4.69, 9.17) is 4.74 Å². The highest BCUT2D eigenvalue weighted by Gasteiger charge is 2.46. The number of fused-ring (bicyclic) bond motifs is 1. The smallest absolute Gasteiger partial charge is 0.253 e. The molecular weight excluding hydrogens is 498 g/mol. The van der Waals surface area contributed by atoms with Crippen LogP contribution in [0.25, 0.3) is 0 Å². The standard InChI is InChI=1S/C35H47NO4/c1-4-5-19-35(2,3)33(38)17-16-30-31-22-27(21-28(31)23-32(30)37)18-20-40-25-34(39)36(29-14-10-7-11-15-29)24-26-12-8-6-9-13-26/h6-17,27-28,30-32,37H,4-5,18-25H2,1-3H3/t27?,28-,30-,31+,32-/m0/s1. The molecule has 1 unspecified atom stereocenters. The summed E-state index contributed by atoms with van der Waals surface area (Å²) < 4.78 is 5.92. The number of carbonyl (C=O) groups is 2. The number of carbonyl (C=O) groups excluding carboxylic acids is 2. The minimum Gasteiger partial charge on any atom is -0.392 e. The lowest BCUT2D eigenvalue weighted by atomic mass is 9.81. The van der Waals surface area contributed by atoms with E-state index in [9.17, 15) is 14.7 Å². The fourth-order valence-electron chi connectivity index (χ4n) is 6.63. The van der Waals surface area contributed by atoms with Crippen LogP contribution in [0.5, 0.6) is 0 Å². The maximum Gasteiger partial charge on any atom is 0.253 e. The van der Waals surface area contributed by atoms with Crippen molar-refractivity contribution in [2.24, 2.45) is 29.1 Å². The van der Waals surface area contributed by atoms with Crippen LogP contribution in [-0.2, 0) is 20.9 Å².